The molecule has 0 aliphatic carbocycles. The van der Waals surface area contributed by atoms with Crippen molar-refractivity contribution in [3.05, 3.63) is 111 Å². The molecule has 2 N–H and O–H groups in total. The Kier molecular flexibility index (Phi) is 6.12. The summed E-state index contributed by atoms with van der Waals surface area (Å²) < 4.78 is 29.7. The molecule has 0 radical (unpaired) electrons. The molecule has 34 heavy (non-hydrogen) atoms. The highest BCUT2D eigenvalue weighted by molar-refractivity contribution is 7.71. The number of aromatic nitrogens is 2. The van der Waals surface area contributed by atoms with E-state index in [1.165, 1.54) is 22.8 Å². The molecule has 0 fully saturated rings. The van der Waals surface area contributed by atoms with Crippen molar-refractivity contribution in [2.45, 2.75) is 12.8 Å². The van der Waals surface area contributed by atoms with Crippen molar-refractivity contribution in [1.82, 2.24) is 9.13 Å². The first-order valence-corrected chi connectivity index (χ1v) is 10.6. The van der Waals surface area contributed by atoms with Gasteiger partial charge in [-0.05, 0) is 48.6 Å². The minimum Gasteiger partial charge on any atom is -0.493 e. The minimum absolute atomic E-state index is 0.0443. The van der Waals surface area contributed by atoms with Crippen molar-refractivity contribution < 1.29 is 18.7 Å². The summed E-state index contributed by atoms with van der Waals surface area (Å²) in [5.74, 6) is -4.75. The fourth-order valence-corrected chi connectivity index (χ4v) is 3.85. The van der Waals surface area contributed by atoms with Crippen molar-refractivity contribution in [1.29, 1.82) is 0 Å². The number of benzene rings is 3. The van der Waals surface area contributed by atoms with E-state index in [4.69, 9.17) is 12.2 Å². The molecule has 4 aromatic rings. The van der Waals surface area contributed by atoms with E-state index in [1.54, 1.807) is 60.7 Å². The van der Waals surface area contributed by atoms with E-state index in [1.807, 2.05) is 0 Å². The maximum Gasteiger partial charge on any atom is 0.275 e. The van der Waals surface area contributed by atoms with E-state index < -0.39 is 28.8 Å². The number of anilines is 1. The Balaban J connectivity index is 1.92. The number of rotatable bonds is 5. The Labute approximate surface area is 198 Å². The van der Waals surface area contributed by atoms with Crippen LogP contribution in [0.2, 0.25) is 0 Å². The smallest absolute Gasteiger partial charge is 0.275 e. The SMILES string of the molecule is CC(F)(F)c1cccc(NC(=O)c2c(O)n(-c3ccccc3)c(=S)n(-c3ccccc3)c2=O)c1. The molecule has 3 aromatic carbocycles. The zero-order valence-electron chi connectivity index (χ0n) is 17.9. The van der Waals surface area contributed by atoms with Crippen LogP contribution in [0.15, 0.2) is 89.7 Å². The lowest BCUT2D eigenvalue weighted by Crippen LogP contribution is -2.32. The molecule has 6 nitrogen and oxygen atoms in total. The summed E-state index contributed by atoms with van der Waals surface area (Å²) in [7, 11) is 0. The Hall–Kier alpha value is -4.11. The summed E-state index contributed by atoms with van der Waals surface area (Å²) >= 11 is 5.52. The van der Waals surface area contributed by atoms with E-state index >= 15 is 0 Å². The molecule has 0 aliphatic heterocycles. The van der Waals surface area contributed by atoms with Crippen molar-refractivity contribution in [3.8, 4) is 17.3 Å². The van der Waals surface area contributed by atoms with Gasteiger partial charge in [-0.1, -0.05) is 48.5 Å². The van der Waals surface area contributed by atoms with E-state index in [-0.39, 0.29) is 16.0 Å². The normalized spacial score (nSPS) is 11.3. The van der Waals surface area contributed by atoms with Gasteiger partial charge >= 0.3 is 0 Å². The minimum atomic E-state index is -3.12. The van der Waals surface area contributed by atoms with Gasteiger partial charge in [-0.15, -0.1) is 0 Å². The molecule has 0 bridgehead atoms. The number of carbonyl (C=O) groups excluding carboxylic acids is 1. The molecular weight excluding hydrogens is 460 g/mol. The zero-order chi connectivity index (χ0) is 24.5. The molecule has 0 unspecified atom stereocenters. The predicted octanol–water partition coefficient (Wildman–Crippen LogP) is 5.43. The average molecular weight is 480 g/mol. The molecule has 1 amide bonds. The summed E-state index contributed by atoms with van der Waals surface area (Å²) in [6.45, 7) is 0.739. The number of hydrogen-bond donors (Lipinski definition) is 2. The third-order valence-electron chi connectivity index (χ3n) is 5.12. The monoisotopic (exact) mass is 479 g/mol. The van der Waals surface area contributed by atoms with Gasteiger partial charge in [0.2, 0.25) is 5.88 Å². The van der Waals surface area contributed by atoms with Crippen molar-refractivity contribution >= 4 is 23.8 Å². The lowest BCUT2D eigenvalue weighted by Gasteiger charge is -2.18. The number of para-hydroxylation sites is 2. The van der Waals surface area contributed by atoms with Gasteiger partial charge in [0, 0.05) is 18.2 Å². The van der Waals surface area contributed by atoms with Crippen molar-refractivity contribution in [2.75, 3.05) is 5.32 Å². The Morgan fingerprint density at radius 2 is 1.47 bits per heavy atom. The molecule has 0 spiro atoms. The fraction of sp³-hybridized carbons (Fsp3) is 0.0800. The number of hydrogen-bond acceptors (Lipinski definition) is 4. The maximum absolute atomic E-state index is 13.7. The number of carbonyl (C=O) groups is 1. The van der Waals surface area contributed by atoms with Gasteiger partial charge in [-0.2, -0.15) is 0 Å². The molecule has 0 saturated heterocycles. The van der Waals surface area contributed by atoms with Crippen LogP contribution in [0.3, 0.4) is 0 Å². The van der Waals surface area contributed by atoms with Gasteiger partial charge in [-0.3, -0.25) is 18.7 Å². The Morgan fingerprint density at radius 1 is 0.912 bits per heavy atom. The lowest BCUT2D eigenvalue weighted by molar-refractivity contribution is 0.0175. The summed E-state index contributed by atoms with van der Waals surface area (Å²) in [6.07, 6.45) is 0. The first-order valence-electron chi connectivity index (χ1n) is 10.2. The third kappa shape index (κ3) is 4.38. The molecule has 0 aliphatic rings. The zero-order valence-corrected chi connectivity index (χ0v) is 18.7. The second-order valence-corrected chi connectivity index (χ2v) is 7.92. The Bertz CT molecular complexity index is 1480. The summed E-state index contributed by atoms with van der Waals surface area (Å²) in [5, 5.41) is 13.4. The van der Waals surface area contributed by atoms with E-state index in [9.17, 15) is 23.5 Å². The van der Waals surface area contributed by atoms with Crippen LogP contribution in [-0.4, -0.2) is 20.1 Å². The van der Waals surface area contributed by atoms with Gasteiger partial charge in [-0.25, -0.2) is 8.78 Å². The maximum atomic E-state index is 13.7. The second-order valence-electron chi connectivity index (χ2n) is 7.55. The molecule has 4 rings (SSSR count). The molecule has 0 atom stereocenters. The van der Waals surface area contributed by atoms with Crippen LogP contribution < -0.4 is 10.9 Å². The second kappa shape index (κ2) is 9.03. The first-order chi connectivity index (χ1) is 16.2. The number of nitrogens with one attached hydrogen (secondary N) is 1. The fourth-order valence-electron chi connectivity index (χ4n) is 3.47. The van der Waals surface area contributed by atoms with E-state index in [0.717, 1.165) is 17.6 Å². The lowest BCUT2D eigenvalue weighted by atomic mass is 10.1. The highest BCUT2D eigenvalue weighted by Gasteiger charge is 2.27. The van der Waals surface area contributed by atoms with Gasteiger partial charge in [0.1, 0.15) is 0 Å². The number of alkyl halides is 2. The third-order valence-corrected chi connectivity index (χ3v) is 5.48. The first kappa shape index (κ1) is 23.1. The Morgan fingerprint density at radius 3 is 2.03 bits per heavy atom. The topological polar surface area (TPSA) is 76.3 Å². The van der Waals surface area contributed by atoms with Crippen LogP contribution in [-0.2, 0) is 5.92 Å². The van der Waals surface area contributed by atoms with Gasteiger partial charge in [0.15, 0.2) is 10.3 Å². The number of nitrogens with zero attached hydrogens (tertiary/aromatic N) is 2. The standard InChI is InChI=1S/C25H19F2N3O3S/c1-25(26,27)16-9-8-10-17(15-16)28-21(31)20-22(32)29(18-11-4-2-5-12-18)24(34)30(23(20)33)19-13-6-3-7-14-19/h2-15,32H,1H3,(H,28,31). The van der Waals surface area contributed by atoms with Crippen LogP contribution in [0.5, 0.6) is 5.88 Å². The van der Waals surface area contributed by atoms with Crippen molar-refractivity contribution in [2.24, 2.45) is 0 Å². The summed E-state index contributed by atoms with van der Waals surface area (Å²) in [6, 6.07) is 22.0. The van der Waals surface area contributed by atoms with Crippen LogP contribution >= 0.6 is 12.2 Å². The summed E-state index contributed by atoms with van der Waals surface area (Å²) in [4.78, 5) is 26.6. The quantitative estimate of drug-likeness (QED) is 0.375. The van der Waals surface area contributed by atoms with Crippen LogP contribution in [0, 0.1) is 4.77 Å². The molecule has 0 saturated carbocycles. The number of aromatic hydroxyl groups is 1. The molecule has 1 heterocycles. The largest absolute Gasteiger partial charge is 0.493 e. The van der Waals surface area contributed by atoms with E-state index in [0.29, 0.717) is 11.4 Å². The van der Waals surface area contributed by atoms with Gasteiger partial charge in [0.05, 0.1) is 11.4 Å². The van der Waals surface area contributed by atoms with Crippen LogP contribution in [0.25, 0.3) is 11.4 Å². The van der Waals surface area contributed by atoms with Gasteiger partial charge < -0.3 is 10.4 Å². The molecule has 9 heteroatoms. The summed E-state index contributed by atoms with van der Waals surface area (Å²) in [5.41, 5.74) is -0.884. The van der Waals surface area contributed by atoms with E-state index in [2.05, 4.69) is 5.32 Å². The number of halogens is 2. The van der Waals surface area contributed by atoms with Crippen LogP contribution in [0.4, 0.5) is 14.5 Å². The highest BCUT2D eigenvalue weighted by Crippen LogP contribution is 2.29. The van der Waals surface area contributed by atoms with Gasteiger partial charge in [0.25, 0.3) is 17.4 Å². The molecule has 1 aromatic heterocycles. The molecule has 172 valence electrons. The number of amides is 1. The predicted molar refractivity (Wildman–Crippen MR) is 128 cm³/mol. The van der Waals surface area contributed by atoms with Crippen molar-refractivity contribution in [3.63, 3.8) is 0 Å². The highest BCUT2D eigenvalue weighted by atomic mass is 32.1. The average Bonchev–Trinajstić information content (AvgIpc) is 2.80. The van der Waals surface area contributed by atoms with Crippen LogP contribution in [0.1, 0.15) is 22.8 Å². The molecular formula is C25H19F2N3O3S.